The molecular formula is C26H29N5O5S. The van der Waals surface area contributed by atoms with Gasteiger partial charge in [0.2, 0.25) is 0 Å². The molecule has 1 aromatic carbocycles. The number of benzene rings is 1. The van der Waals surface area contributed by atoms with Crippen molar-refractivity contribution in [2.75, 3.05) is 23.9 Å². The number of pyridine rings is 2. The van der Waals surface area contributed by atoms with Crippen LogP contribution in [-0.2, 0) is 14.8 Å². The van der Waals surface area contributed by atoms with E-state index in [1.165, 1.54) is 19.2 Å². The summed E-state index contributed by atoms with van der Waals surface area (Å²) >= 11 is 0. The van der Waals surface area contributed by atoms with Crippen molar-refractivity contribution in [2.45, 2.75) is 37.8 Å². The molecule has 3 aromatic rings. The summed E-state index contributed by atoms with van der Waals surface area (Å²) in [6, 6.07) is 14.0. The lowest BCUT2D eigenvalue weighted by Gasteiger charge is -2.33. The first kappa shape index (κ1) is 26.1. The van der Waals surface area contributed by atoms with Crippen molar-refractivity contribution in [3.8, 4) is 0 Å². The van der Waals surface area contributed by atoms with Gasteiger partial charge in [-0.15, -0.1) is 0 Å². The molecule has 1 saturated heterocycles. The number of amides is 1. The number of rotatable bonds is 7. The molecule has 1 atom stereocenters. The van der Waals surface area contributed by atoms with E-state index in [0.29, 0.717) is 29.5 Å². The maximum absolute atomic E-state index is 13.2. The zero-order chi connectivity index (χ0) is 26.8. The van der Waals surface area contributed by atoms with Gasteiger partial charge in [0.05, 0.1) is 18.2 Å². The van der Waals surface area contributed by atoms with Crippen molar-refractivity contribution in [1.82, 2.24) is 14.7 Å². The molecule has 1 fully saturated rings. The average Bonchev–Trinajstić information content (AvgIpc) is 3.15. The number of hydrogen-bond acceptors (Lipinski definition) is 9. The fourth-order valence-corrected chi connectivity index (χ4v) is 5.54. The largest absolute Gasteiger partial charge is 0.465 e. The van der Waals surface area contributed by atoms with Gasteiger partial charge in [0.1, 0.15) is 11.6 Å². The molecule has 2 aromatic heterocycles. The summed E-state index contributed by atoms with van der Waals surface area (Å²) in [6.45, 7) is 7.00. The van der Waals surface area contributed by atoms with Crippen molar-refractivity contribution in [1.29, 1.82) is 0 Å². The number of ether oxygens (including phenoxy) is 1. The highest BCUT2D eigenvalue weighted by Crippen LogP contribution is 2.37. The molecule has 1 aliphatic rings. The normalized spacial score (nSPS) is 16.8. The third-order valence-corrected chi connectivity index (χ3v) is 7.37. The number of hydrogen-bond donors (Lipinski definition) is 2. The fourth-order valence-electron chi connectivity index (χ4n) is 4.60. The van der Waals surface area contributed by atoms with E-state index in [1.807, 2.05) is 4.90 Å². The first-order valence-electron chi connectivity index (χ1n) is 11.7. The third-order valence-electron chi connectivity index (χ3n) is 6.14. The lowest BCUT2D eigenvalue weighted by atomic mass is 9.97. The first-order chi connectivity index (χ1) is 17.5. The molecule has 10 nitrogen and oxygen atoms in total. The molecule has 1 aliphatic heterocycles. The molecule has 1 amide bonds. The Morgan fingerprint density at radius 1 is 1.11 bits per heavy atom. The maximum atomic E-state index is 13.2. The van der Waals surface area contributed by atoms with Crippen LogP contribution in [0, 0.1) is 5.92 Å². The average molecular weight is 524 g/mol. The van der Waals surface area contributed by atoms with Crippen LogP contribution in [0.3, 0.4) is 0 Å². The van der Waals surface area contributed by atoms with Gasteiger partial charge in [-0.3, -0.25) is 4.79 Å². The summed E-state index contributed by atoms with van der Waals surface area (Å²) in [7, 11) is -3.01. The van der Waals surface area contributed by atoms with Crippen LogP contribution in [0.5, 0.6) is 0 Å². The Hall–Kier alpha value is -3.99. The summed E-state index contributed by atoms with van der Waals surface area (Å²) in [5.41, 5.74) is 0.777. The van der Waals surface area contributed by atoms with E-state index in [0.717, 1.165) is 6.42 Å². The molecular weight excluding hydrogens is 494 g/mol. The molecule has 194 valence electrons. The minimum Gasteiger partial charge on any atom is -0.465 e. The van der Waals surface area contributed by atoms with Crippen LogP contribution >= 0.6 is 0 Å². The van der Waals surface area contributed by atoms with E-state index in [2.05, 4.69) is 40.8 Å². The van der Waals surface area contributed by atoms with E-state index in [1.54, 1.807) is 48.7 Å². The molecule has 11 heteroatoms. The Labute approximate surface area is 216 Å². The Kier molecular flexibility index (Phi) is 7.17. The molecule has 0 radical (unpaired) electrons. The van der Waals surface area contributed by atoms with Gasteiger partial charge in [-0.05, 0) is 68.7 Å². The second-order valence-electron chi connectivity index (χ2n) is 9.60. The van der Waals surface area contributed by atoms with Crippen LogP contribution in [-0.4, -0.2) is 49.5 Å². The van der Waals surface area contributed by atoms with Gasteiger partial charge in [-0.1, -0.05) is 19.1 Å². The van der Waals surface area contributed by atoms with Crippen molar-refractivity contribution in [3.63, 3.8) is 0 Å². The smallest absolute Gasteiger partial charge is 0.337 e. The zero-order valence-corrected chi connectivity index (χ0v) is 21.9. The van der Waals surface area contributed by atoms with Crippen LogP contribution in [0.2, 0.25) is 0 Å². The molecule has 4 rings (SSSR count). The fraction of sp³-hybridized carbons (Fsp3) is 0.308. The molecule has 37 heavy (non-hydrogen) atoms. The monoisotopic (exact) mass is 523 g/mol. The number of anilines is 3. The summed E-state index contributed by atoms with van der Waals surface area (Å²) in [6.07, 6.45) is 2.51. The van der Waals surface area contributed by atoms with Gasteiger partial charge in [-0.25, -0.2) is 19.5 Å². The number of nitrogens with zero attached hydrogens (tertiary/aromatic N) is 3. The lowest BCUT2D eigenvalue weighted by Crippen LogP contribution is -2.41. The number of sulfonamides is 1. The Balaban J connectivity index is 1.56. The number of nitrogens with one attached hydrogen (secondary N) is 2. The van der Waals surface area contributed by atoms with Crippen LogP contribution in [0.25, 0.3) is 0 Å². The highest BCUT2D eigenvalue weighted by atomic mass is 32.2. The number of methoxy groups -OCH3 is 1. The lowest BCUT2D eigenvalue weighted by molar-refractivity contribution is 0.0600. The Morgan fingerprint density at radius 2 is 1.86 bits per heavy atom. The second kappa shape index (κ2) is 10.2. The van der Waals surface area contributed by atoms with Crippen molar-refractivity contribution in [3.05, 3.63) is 71.9 Å². The predicted octanol–water partition coefficient (Wildman–Crippen LogP) is 3.75. The molecule has 0 aliphatic carbocycles. The molecule has 2 N–H and O–H groups in total. The standard InChI is InChI=1S/C26H29N5O5S/c1-17-15-26(2,3)31(16-17)23-20(10-7-13-27-23)24(32)30-37(34,35)22-12-6-11-21(29-22)28-19-9-5-8-18(14-19)25(33)36-4/h5-14,17H,15-16H2,1-4H3,(H,28,29)(H,30,32). The summed E-state index contributed by atoms with van der Waals surface area (Å²) in [4.78, 5) is 35.6. The zero-order valence-electron chi connectivity index (χ0n) is 21.1. The SMILES string of the molecule is COC(=O)c1cccc(Nc2cccc(S(=O)(=O)NC(=O)c3cccnc3N3CC(C)CC3(C)C)n2)c1. The van der Waals surface area contributed by atoms with Crippen LogP contribution in [0.1, 0.15) is 47.9 Å². The highest BCUT2D eigenvalue weighted by molar-refractivity contribution is 7.90. The van der Waals surface area contributed by atoms with Gasteiger partial charge in [-0.2, -0.15) is 8.42 Å². The van der Waals surface area contributed by atoms with E-state index in [9.17, 15) is 18.0 Å². The molecule has 0 saturated carbocycles. The number of carbonyl (C=O) groups is 2. The van der Waals surface area contributed by atoms with E-state index >= 15 is 0 Å². The predicted molar refractivity (Wildman–Crippen MR) is 139 cm³/mol. The quantitative estimate of drug-likeness (QED) is 0.445. The minimum absolute atomic E-state index is 0.169. The van der Waals surface area contributed by atoms with Crippen LogP contribution in [0.15, 0.2) is 65.8 Å². The highest BCUT2D eigenvalue weighted by Gasteiger charge is 2.39. The van der Waals surface area contributed by atoms with Crippen LogP contribution < -0.4 is 14.9 Å². The molecule has 3 heterocycles. The molecule has 0 spiro atoms. The second-order valence-corrected chi connectivity index (χ2v) is 11.2. The van der Waals surface area contributed by atoms with E-state index in [-0.39, 0.29) is 21.9 Å². The van der Waals surface area contributed by atoms with Gasteiger partial charge in [0.25, 0.3) is 15.9 Å². The minimum atomic E-state index is -4.30. The third kappa shape index (κ3) is 5.72. The summed E-state index contributed by atoms with van der Waals surface area (Å²) in [5.74, 6) is -0.225. The van der Waals surface area contributed by atoms with E-state index in [4.69, 9.17) is 4.74 Å². The number of carbonyl (C=O) groups excluding carboxylic acids is 2. The number of esters is 1. The topological polar surface area (TPSA) is 131 Å². The Bertz CT molecular complexity index is 1440. The van der Waals surface area contributed by atoms with Crippen molar-refractivity contribution in [2.24, 2.45) is 5.92 Å². The van der Waals surface area contributed by atoms with Gasteiger partial charge >= 0.3 is 5.97 Å². The summed E-state index contributed by atoms with van der Waals surface area (Å²) < 4.78 is 33.1. The first-order valence-corrected chi connectivity index (χ1v) is 13.2. The Morgan fingerprint density at radius 3 is 2.57 bits per heavy atom. The number of aromatic nitrogens is 2. The van der Waals surface area contributed by atoms with Crippen LogP contribution in [0.4, 0.5) is 17.3 Å². The van der Waals surface area contributed by atoms with Gasteiger partial charge in [0.15, 0.2) is 5.03 Å². The van der Waals surface area contributed by atoms with Gasteiger partial charge in [0, 0.05) is 24.0 Å². The maximum Gasteiger partial charge on any atom is 0.337 e. The summed E-state index contributed by atoms with van der Waals surface area (Å²) in [5, 5.41) is 2.63. The van der Waals surface area contributed by atoms with Crippen molar-refractivity contribution >= 4 is 39.2 Å². The molecule has 1 unspecified atom stereocenters. The van der Waals surface area contributed by atoms with E-state index < -0.39 is 21.9 Å². The van der Waals surface area contributed by atoms with Gasteiger partial charge < -0.3 is 15.0 Å². The molecule has 0 bridgehead atoms. The van der Waals surface area contributed by atoms with Crippen molar-refractivity contribution < 1.29 is 22.7 Å².